The van der Waals surface area contributed by atoms with Crippen LogP contribution in [0.1, 0.15) is 0 Å². The zero-order valence-corrected chi connectivity index (χ0v) is 16.1. The van der Waals surface area contributed by atoms with Crippen molar-refractivity contribution in [2.24, 2.45) is 0 Å². The number of rotatable bonds is 6. The van der Waals surface area contributed by atoms with Gasteiger partial charge in [-0.25, -0.2) is 0 Å². The molecule has 0 aliphatic carbocycles. The molecule has 0 radical (unpaired) electrons. The van der Waals surface area contributed by atoms with Gasteiger partial charge in [0.05, 0.1) is 0 Å². The van der Waals surface area contributed by atoms with Gasteiger partial charge in [-0.15, -0.1) is 0 Å². The molecule has 1 aromatic carbocycles. The van der Waals surface area contributed by atoms with E-state index in [9.17, 15) is 14.4 Å². The first kappa shape index (κ1) is 18.7. The second-order valence-corrected chi connectivity index (χ2v) is 15.0. The molecule has 2 N–H and O–H groups in total. The van der Waals surface area contributed by atoms with Crippen molar-refractivity contribution in [1.82, 2.24) is 0 Å². The molecule has 0 unspecified atom stereocenters. The Hall–Kier alpha value is -0.370. The van der Waals surface area contributed by atoms with Crippen molar-refractivity contribution in [2.75, 3.05) is 40.0 Å². The van der Waals surface area contributed by atoms with Crippen LogP contribution in [0.15, 0.2) is 18.2 Å². The van der Waals surface area contributed by atoms with E-state index < -0.39 is 22.8 Å². The molecular weight excluding hydrogens is 333 g/mol. The summed E-state index contributed by atoms with van der Waals surface area (Å²) in [7, 11) is -8.33. The van der Waals surface area contributed by atoms with Crippen LogP contribution >= 0.6 is 22.8 Å². The molecule has 0 heterocycles. The van der Waals surface area contributed by atoms with Gasteiger partial charge in [0.25, 0.3) is 0 Å². The first-order valence-electron chi connectivity index (χ1n) is 6.46. The second-order valence-electron chi connectivity index (χ2n) is 6.08. The Morgan fingerprint density at radius 1 is 0.857 bits per heavy atom. The van der Waals surface area contributed by atoms with E-state index in [-0.39, 0.29) is 0 Å². The zero-order chi connectivity index (χ0) is 16.5. The molecule has 0 aliphatic heterocycles. The predicted molar refractivity (Wildman–Crippen MR) is 92.5 cm³/mol. The van der Waals surface area contributed by atoms with Gasteiger partial charge in [0.1, 0.15) is 0 Å². The third-order valence-corrected chi connectivity index (χ3v) is 4.04. The van der Waals surface area contributed by atoms with Gasteiger partial charge in [0.15, 0.2) is 0 Å². The summed E-state index contributed by atoms with van der Waals surface area (Å²) in [6, 6.07) is 4.66. The summed E-state index contributed by atoms with van der Waals surface area (Å²) in [6.45, 7) is 9.48. The molecule has 6 nitrogen and oxygen atoms in total. The molecule has 1 aromatic rings. The van der Waals surface area contributed by atoms with Crippen LogP contribution in [0.5, 0.6) is 17.2 Å². The zero-order valence-electron chi connectivity index (χ0n) is 13.2. The van der Waals surface area contributed by atoms with Crippen LogP contribution in [0, 0.1) is 0 Å². The molecule has 0 atom stereocenters. The summed E-state index contributed by atoms with van der Waals surface area (Å²) in [5.41, 5.74) is 0. The summed E-state index contributed by atoms with van der Waals surface area (Å²) in [5.74, 6) is 1.02. The molecule has 9 heteroatoms. The second kappa shape index (κ2) is 6.40. The van der Waals surface area contributed by atoms with E-state index in [1.54, 1.807) is 44.9 Å². The van der Waals surface area contributed by atoms with Crippen LogP contribution in [0.4, 0.5) is 0 Å². The molecule has 0 bridgehead atoms. The molecule has 0 saturated heterocycles. The minimum atomic E-state index is -2.79. The third kappa shape index (κ3) is 8.60. The Labute approximate surface area is 126 Å². The fourth-order valence-corrected chi connectivity index (χ4v) is 3.55. The molecule has 21 heavy (non-hydrogen) atoms. The van der Waals surface area contributed by atoms with Crippen LogP contribution in [0.25, 0.3) is 0 Å². The molecule has 0 amide bonds. The van der Waals surface area contributed by atoms with E-state index in [0.29, 0.717) is 17.2 Å². The Morgan fingerprint density at radius 3 is 1.48 bits per heavy atom. The van der Waals surface area contributed by atoms with Crippen LogP contribution in [-0.4, -0.2) is 49.8 Å². The van der Waals surface area contributed by atoms with Crippen molar-refractivity contribution < 1.29 is 27.9 Å². The normalized spacial score (nSPS) is 14.5. The van der Waals surface area contributed by atoms with Crippen LogP contribution < -0.4 is 13.6 Å². The van der Waals surface area contributed by atoms with E-state index in [4.69, 9.17) is 13.6 Å². The molecule has 0 aromatic heterocycles. The van der Waals surface area contributed by atoms with Gasteiger partial charge in [-0.2, -0.15) is 0 Å². The van der Waals surface area contributed by atoms with Crippen molar-refractivity contribution in [1.29, 1.82) is 0 Å². The van der Waals surface area contributed by atoms with Gasteiger partial charge < -0.3 is 0 Å². The first-order valence-corrected chi connectivity index (χ1v) is 14.7. The molecule has 0 saturated carbocycles. The van der Waals surface area contributed by atoms with Crippen molar-refractivity contribution in [3.05, 3.63) is 18.2 Å². The summed E-state index contributed by atoms with van der Waals surface area (Å²) < 4.78 is 28.1. The van der Waals surface area contributed by atoms with E-state index in [1.807, 2.05) is 0 Å². The van der Waals surface area contributed by atoms with Gasteiger partial charge in [0.2, 0.25) is 0 Å². The van der Waals surface area contributed by atoms with Gasteiger partial charge in [-0.05, 0) is 0 Å². The molecule has 0 aliphatic rings. The maximum absolute atomic E-state index is 11.8. The SMILES string of the molecule is CP(C)(=O)Oc1cc(O[PH](C)(C)O)cc(O[PH](C)(C)O)c1. The Balaban J connectivity index is 3.16. The van der Waals surface area contributed by atoms with Crippen molar-refractivity contribution in [3.8, 4) is 17.2 Å². The minimum absolute atomic E-state index is 0.312. The van der Waals surface area contributed by atoms with Crippen LogP contribution in [0.2, 0.25) is 0 Å². The number of hydrogen-bond acceptors (Lipinski definition) is 6. The number of benzene rings is 1. The predicted octanol–water partition coefficient (Wildman–Crippen LogP) is 3.02. The van der Waals surface area contributed by atoms with E-state index in [1.165, 1.54) is 13.3 Å². The molecule has 0 spiro atoms. The Kier molecular flexibility index (Phi) is 5.69. The number of hydrogen-bond donors (Lipinski definition) is 2. The van der Waals surface area contributed by atoms with E-state index in [2.05, 4.69) is 0 Å². The van der Waals surface area contributed by atoms with Crippen molar-refractivity contribution in [2.45, 2.75) is 0 Å². The van der Waals surface area contributed by atoms with Crippen molar-refractivity contribution in [3.63, 3.8) is 0 Å². The average Bonchev–Trinajstić information content (AvgIpc) is 2.06. The summed E-state index contributed by atoms with van der Waals surface area (Å²) in [6.07, 6.45) is 0. The fourth-order valence-electron chi connectivity index (χ4n) is 1.55. The summed E-state index contributed by atoms with van der Waals surface area (Å²) >= 11 is 0. The molecule has 1 rings (SSSR count). The topological polar surface area (TPSA) is 85.2 Å². The first-order chi connectivity index (χ1) is 9.23. The van der Waals surface area contributed by atoms with E-state index >= 15 is 0 Å². The van der Waals surface area contributed by atoms with E-state index in [0.717, 1.165) is 0 Å². The Bertz CT molecular complexity index is 507. The third-order valence-electron chi connectivity index (χ3n) is 1.91. The van der Waals surface area contributed by atoms with Gasteiger partial charge in [-0.1, -0.05) is 0 Å². The molecule has 0 fully saturated rings. The van der Waals surface area contributed by atoms with Gasteiger partial charge >= 0.3 is 126 Å². The monoisotopic (exact) mass is 358 g/mol. The molecular formula is C12H25O6P3. The van der Waals surface area contributed by atoms with Crippen LogP contribution in [0.3, 0.4) is 0 Å². The van der Waals surface area contributed by atoms with Gasteiger partial charge in [-0.3, -0.25) is 0 Å². The quantitative estimate of drug-likeness (QED) is 0.761. The molecule has 124 valence electrons. The average molecular weight is 358 g/mol. The standard InChI is InChI=1S/C12H25O6P3/c1-19(2,13)16-10-7-11(17-20(3,4)14)9-12(8-10)18-21(5,6)15/h7-9,13-14,19-20H,1-6H3. The Morgan fingerprint density at radius 2 is 1.19 bits per heavy atom. The van der Waals surface area contributed by atoms with Crippen LogP contribution in [-0.2, 0) is 4.57 Å². The van der Waals surface area contributed by atoms with Gasteiger partial charge in [0, 0.05) is 0 Å². The summed E-state index contributed by atoms with van der Waals surface area (Å²) in [5, 5.41) is 0. The maximum atomic E-state index is 11.8. The fraction of sp³-hybridized carbons (Fsp3) is 0.500. The van der Waals surface area contributed by atoms with Crippen molar-refractivity contribution >= 4 is 22.8 Å². The summed E-state index contributed by atoms with van der Waals surface area (Å²) in [4.78, 5) is 19.7.